The summed E-state index contributed by atoms with van der Waals surface area (Å²) in [5.74, 6) is 0. The normalized spacial score (nSPS) is 22.8. The van der Waals surface area contributed by atoms with Gasteiger partial charge in [-0.3, -0.25) is 4.98 Å². The van der Waals surface area contributed by atoms with Crippen LogP contribution >= 0.6 is 0 Å². The standard InChI is InChI=1S/C9H10FN/c10-9-3-1-2-7-6-11-5-4-8(7)9/h4-6,9H,1-3H2. The first kappa shape index (κ1) is 6.77. The molecule has 11 heavy (non-hydrogen) atoms. The summed E-state index contributed by atoms with van der Waals surface area (Å²) < 4.78 is 13.1. The molecular formula is C9H10FN. The van der Waals surface area contributed by atoms with Gasteiger partial charge in [-0.05, 0) is 36.5 Å². The second-order valence-corrected chi connectivity index (χ2v) is 2.93. The predicted molar refractivity (Wildman–Crippen MR) is 41.0 cm³/mol. The van der Waals surface area contributed by atoms with Crippen LogP contribution in [0.1, 0.15) is 30.1 Å². The highest BCUT2D eigenvalue weighted by Crippen LogP contribution is 2.31. The van der Waals surface area contributed by atoms with E-state index in [9.17, 15) is 4.39 Å². The van der Waals surface area contributed by atoms with Crippen LogP contribution in [0.2, 0.25) is 0 Å². The number of fused-ring (bicyclic) bond motifs is 1. The van der Waals surface area contributed by atoms with Crippen molar-refractivity contribution in [2.45, 2.75) is 25.4 Å². The Morgan fingerprint density at radius 1 is 1.55 bits per heavy atom. The summed E-state index contributed by atoms with van der Waals surface area (Å²) in [7, 11) is 0. The van der Waals surface area contributed by atoms with Crippen molar-refractivity contribution in [3.8, 4) is 0 Å². The Balaban J connectivity index is 2.44. The van der Waals surface area contributed by atoms with Gasteiger partial charge in [0.2, 0.25) is 0 Å². The molecule has 1 aliphatic rings. The van der Waals surface area contributed by atoms with Crippen LogP contribution < -0.4 is 0 Å². The van der Waals surface area contributed by atoms with Gasteiger partial charge in [0.25, 0.3) is 0 Å². The minimum atomic E-state index is -0.748. The fraction of sp³-hybridized carbons (Fsp3) is 0.444. The molecule has 1 aliphatic carbocycles. The van der Waals surface area contributed by atoms with Gasteiger partial charge in [0.05, 0.1) is 0 Å². The highest BCUT2D eigenvalue weighted by Gasteiger charge is 2.18. The minimum Gasteiger partial charge on any atom is -0.264 e. The highest BCUT2D eigenvalue weighted by molar-refractivity contribution is 5.27. The molecule has 0 fully saturated rings. The van der Waals surface area contributed by atoms with Gasteiger partial charge < -0.3 is 0 Å². The third-order valence-corrected chi connectivity index (χ3v) is 2.18. The van der Waals surface area contributed by atoms with E-state index in [1.165, 1.54) is 0 Å². The molecule has 1 unspecified atom stereocenters. The summed E-state index contributed by atoms with van der Waals surface area (Å²) in [6.07, 6.45) is 5.32. The van der Waals surface area contributed by atoms with Crippen molar-refractivity contribution in [1.82, 2.24) is 4.98 Å². The topological polar surface area (TPSA) is 12.9 Å². The molecule has 2 rings (SSSR count). The molecule has 1 nitrogen and oxygen atoms in total. The van der Waals surface area contributed by atoms with Crippen molar-refractivity contribution in [2.75, 3.05) is 0 Å². The lowest BCUT2D eigenvalue weighted by Crippen LogP contribution is -2.05. The van der Waals surface area contributed by atoms with Gasteiger partial charge in [-0.25, -0.2) is 4.39 Å². The number of aryl methyl sites for hydroxylation is 1. The number of halogens is 1. The Bertz CT molecular complexity index is 259. The second-order valence-electron chi connectivity index (χ2n) is 2.93. The lowest BCUT2D eigenvalue weighted by Gasteiger charge is -2.17. The molecule has 0 radical (unpaired) electrons. The predicted octanol–water partition coefficient (Wildman–Crippen LogP) is 2.43. The van der Waals surface area contributed by atoms with Crippen LogP contribution in [-0.2, 0) is 6.42 Å². The van der Waals surface area contributed by atoms with Crippen LogP contribution in [0.3, 0.4) is 0 Å². The summed E-state index contributed by atoms with van der Waals surface area (Å²) in [6, 6.07) is 1.79. The van der Waals surface area contributed by atoms with Gasteiger partial charge in [0.15, 0.2) is 0 Å². The maximum atomic E-state index is 13.1. The largest absolute Gasteiger partial charge is 0.264 e. The highest BCUT2D eigenvalue weighted by atomic mass is 19.1. The van der Waals surface area contributed by atoms with Crippen molar-refractivity contribution < 1.29 is 4.39 Å². The van der Waals surface area contributed by atoms with Gasteiger partial charge in [-0.15, -0.1) is 0 Å². The smallest absolute Gasteiger partial charge is 0.126 e. The maximum absolute atomic E-state index is 13.1. The summed E-state index contributed by atoms with van der Waals surface area (Å²) in [4.78, 5) is 3.97. The monoisotopic (exact) mass is 151 g/mol. The molecule has 2 heteroatoms. The van der Waals surface area contributed by atoms with Crippen molar-refractivity contribution in [3.63, 3.8) is 0 Å². The van der Waals surface area contributed by atoms with E-state index in [0.717, 1.165) is 24.0 Å². The van der Waals surface area contributed by atoms with E-state index in [0.29, 0.717) is 6.42 Å². The van der Waals surface area contributed by atoms with Gasteiger partial charge in [0.1, 0.15) is 6.17 Å². The maximum Gasteiger partial charge on any atom is 0.126 e. The molecule has 0 bridgehead atoms. The molecule has 58 valence electrons. The molecule has 1 heterocycles. The van der Waals surface area contributed by atoms with E-state index in [1.807, 2.05) is 0 Å². The van der Waals surface area contributed by atoms with Gasteiger partial charge in [-0.2, -0.15) is 0 Å². The van der Waals surface area contributed by atoms with Gasteiger partial charge in [-0.1, -0.05) is 0 Å². The number of rotatable bonds is 0. The van der Waals surface area contributed by atoms with E-state index in [2.05, 4.69) is 4.98 Å². The van der Waals surface area contributed by atoms with E-state index >= 15 is 0 Å². The zero-order valence-electron chi connectivity index (χ0n) is 6.26. The molecule has 0 N–H and O–H groups in total. The number of alkyl halides is 1. The molecule has 0 amide bonds. The zero-order chi connectivity index (χ0) is 7.68. The zero-order valence-corrected chi connectivity index (χ0v) is 6.26. The van der Waals surface area contributed by atoms with E-state index in [-0.39, 0.29) is 0 Å². The average molecular weight is 151 g/mol. The van der Waals surface area contributed by atoms with Crippen LogP contribution in [0.25, 0.3) is 0 Å². The number of nitrogens with zero attached hydrogens (tertiary/aromatic N) is 1. The van der Waals surface area contributed by atoms with Crippen LogP contribution in [0.4, 0.5) is 4.39 Å². The molecule has 1 aromatic heterocycles. The fourth-order valence-electron chi connectivity index (χ4n) is 1.58. The first-order chi connectivity index (χ1) is 5.38. The SMILES string of the molecule is FC1CCCc2cnccc21. The Morgan fingerprint density at radius 2 is 2.45 bits per heavy atom. The van der Waals surface area contributed by atoms with Crippen LogP contribution in [-0.4, -0.2) is 4.98 Å². The number of hydrogen-bond donors (Lipinski definition) is 0. The van der Waals surface area contributed by atoms with Crippen LogP contribution in [0, 0.1) is 0 Å². The summed E-state index contributed by atoms with van der Waals surface area (Å²) in [6.45, 7) is 0. The number of hydrogen-bond acceptors (Lipinski definition) is 1. The molecule has 0 saturated carbocycles. The van der Waals surface area contributed by atoms with Crippen molar-refractivity contribution in [3.05, 3.63) is 29.6 Å². The third kappa shape index (κ3) is 1.13. The van der Waals surface area contributed by atoms with Gasteiger partial charge >= 0.3 is 0 Å². The average Bonchev–Trinajstić information content (AvgIpc) is 2.06. The van der Waals surface area contributed by atoms with Crippen molar-refractivity contribution in [1.29, 1.82) is 0 Å². The van der Waals surface area contributed by atoms with Gasteiger partial charge in [0, 0.05) is 12.4 Å². The molecule has 1 atom stereocenters. The first-order valence-electron chi connectivity index (χ1n) is 3.95. The van der Waals surface area contributed by atoms with Crippen molar-refractivity contribution >= 4 is 0 Å². The Kier molecular flexibility index (Phi) is 1.60. The van der Waals surface area contributed by atoms with Crippen LogP contribution in [0.15, 0.2) is 18.5 Å². The second kappa shape index (κ2) is 2.61. The van der Waals surface area contributed by atoms with E-state index in [4.69, 9.17) is 0 Å². The minimum absolute atomic E-state index is 0.678. The molecule has 1 aromatic rings. The Morgan fingerprint density at radius 3 is 3.27 bits per heavy atom. The lowest BCUT2D eigenvalue weighted by molar-refractivity contribution is 0.302. The summed E-state index contributed by atoms with van der Waals surface area (Å²) in [5, 5.41) is 0. The Hall–Kier alpha value is -0.920. The quantitative estimate of drug-likeness (QED) is 0.555. The fourth-order valence-corrected chi connectivity index (χ4v) is 1.58. The molecule has 0 spiro atoms. The molecule has 0 aliphatic heterocycles. The van der Waals surface area contributed by atoms with E-state index < -0.39 is 6.17 Å². The third-order valence-electron chi connectivity index (χ3n) is 2.18. The van der Waals surface area contributed by atoms with E-state index in [1.54, 1.807) is 18.5 Å². The number of pyridine rings is 1. The first-order valence-corrected chi connectivity index (χ1v) is 3.95. The number of aromatic nitrogens is 1. The summed E-state index contributed by atoms with van der Waals surface area (Å²) in [5.41, 5.74) is 1.94. The summed E-state index contributed by atoms with van der Waals surface area (Å²) >= 11 is 0. The van der Waals surface area contributed by atoms with Crippen LogP contribution in [0.5, 0.6) is 0 Å². The molecule has 0 aromatic carbocycles. The van der Waals surface area contributed by atoms with Crippen molar-refractivity contribution in [2.24, 2.45) is 0 Å². The lowest BCUT2D eigenvalue weighted by atomic mass is 9.92. The molecule has 0 saturated heterocycles. The Labute approximate surface area is 65.3 Å². The molecular weight excluding hydrogens is 141 g/mol.